The predicted molar refractivity (Wildman–Crippen MR) is 166 cm³/mol. The Balaban J connectivity index is 2.15. The van der Waals surface area contributed by atoms with Crippen LogP contribution in [0.25, 0.3) is 0 Å². The third-order valence-electron chi connectivity index (χ3n) is 9.50. The van der Waals surface area contributed by atoms with Gasteiger partial charge in [0, 0.05) is 12.5 Å². The second-order valence-electron chi connectivity index (χ2n) is 14.1. The van der Waals surface area contributed by atoms with Crippen LogP contribution in [0.2, 0.25) is 18.1 Å². The van der Waals surface area contributed by atoms with Crippen LogP contribution < -0.4 is 5.32 Å². The van der Waals surface area contributed by atoms with Crippen molar-refractivity contribution in [2.45, 2.75) is 137 Å². The van der Waals surface area contributed by atoms with Gasteiger partial charge in [-0.1, -0.05) is 73.6 Å². The summed E-state index contributed by atoms with van der Waals surface area (Å²) in [5, 5.41) is 14.3. The maximum absolute atomic E-state index is 12.8. The monoisotopic (exact) mass is 577 g/mol. The molecule has 0 heterocycles. The van der Waals surface area contributed by atoms with Crippen molar-refractivity contribution in [3.05, 3.63) is 23.8 Å². The van der Waals surface area contributed by atoms with E-state index < -0.39 is 14.4 Å². The molecule has 2 aliphatic carbocycles. The Morgan fingerprint density at radius 3 is 2.48 bits per heavy atom. The first-order chi connectivity index (χ1) is 18.6. The van der Waals surface area contributed by atoms with Gasteiger partial charge in [-0.25, -0.2) is 0 Å². The first-order valence-electron chi connectivity index (χ1n) is 15.8. The molecule has 0 aromatic rings. The summed E-state index contributed by atoms with van der Waals surface area (Å²) in [6, 6.07) is 0. The van der Waals surface area contributed by atoms with E-state index in [2.05, 4.69) is 71.3 Å². The van der Waals surface area contributed by atoms with Crippen molar-refractivity contribution in [2.75, 3.05) is 6.54 Å². The summed E-state index contributed by atoms with van der Waals surface area (Å²) in [5.74, 6) is 0.893. The zero-order chi connectivity index (χ0) is 30.3. The molecule has 0 aromatic carbocycles. The van der Waals surface area contributed by atoms with Gasteiger partial charge < -0.3 is 19.6 Å². The third kappa shape index (κ3) is 9.83. The molecule has 1 amide bonds. The first kappa shape index (κ1) is 34.8. The Morgan fingerprint density at radius 2 is 1.88 bits per heavy atom. The molecule has 0 aliphatic heterocycles. The van der Waals surface area contributed by atoms with Crippen LogP contribution in [0.4, 0.5) is 0 Å². The van der Waals surface area contributed by atoms with Crippen LogP contribution in [0.5, 0.6) is 0 Å². The number of ether oxygens (including phenoxy) is 1. The van der Waals surface area contributed by atoms with Gasteiger partial charge in [0.1, 0.15) is 6.10 Å². The van der Waals surface area contributed by atoms with Gasteiger partial charge in [-0.15, -0.1) is 0 Å². The summed E-state index contributed by atoms with van der Waals surface area (Å²) in [5.41, 5.74) is 1.27. The van der Waals surface area contributed by atoms with Crippen molar-refractivity contribution in [3.8, 4) is 0 Å². The number of fused-ring (bicyclic) bond motifs is 1. The molecule has 0 bridgehead atoms. The summed E-state index contributed by atoms with van der Waals surface area (Å²) >= 11 is 0. The van der Waals surface area contributed by atoms with Crippen LogP contribution in [-0.2, 0) is 18.8 Å². The number of hydrogen-bond donors (Lipinski definition) is 2. The van der Waals surface area contributed by atoms with Gasteiger partial charge in [-0.2, -0.15) is 0 Å². The molecule has 0 saturated heterocycles. The molecular weight excluding hydrogens is 518 g/mol. The lowest BCUT2D eigenvalue weighted by Gasteiger charge is -2.43. The van der Waals surface area contributed by atoms with Gasteiger partial charge in [-0.05, 0) is 80.0 Å². The van der Waals surface area contributed by atoms with Crippen LogP contribution in [0, 0.1) is 29.6 Å². The van der Waals surface area contributed by atoms with Crippen LogP contribution in [0.1, 0.15) is 100 Å². The number of carbonyl (C=O) groups excluding carboxylic acids is 2. The predicted octanol–water partition coefficient (Wildman–Crippen LogP) is 7.19. The largest absolute Gasteiger partial charge is 0.461 e. The van der Waals surface area contributed by atoms with Crippen molar-refractivity contribution in [3.63, 3.8) is 0 Å². The second kappa shape index (κ2) is 15.2. The van der Waals surface area contributed by atoms with Gasteiger partial charge in [0.25, 0.3) is 0 Å². The zero-order valence-corrected chi connectivity index (χ0v) is 28.1. The molecule has 0 spiro atoms. The number of hydrogen-bond acceptors (Lipinski definition) is 5. The molecule has 2 aliphatic rings. The Morgan fingerprint density at radius 1 is 1.20 bits per heavy atom. The van der Waals surface area contributed by atoms with Gasteiger partial charge in [0.05, 0.1) is 24.5 Å². The number of amides is 1. The lowest BCUT2D eigenvalue weighted by atomic mass is 9.65. The lowest BCUT2D eigenvalue weighted by Crippen LogP contribution is -2.46. The molecule has 0 fully saturated rings. The molecule has 0 radical (unpaired) electrons. The Bertz CT molecular complexity index is 892. The topological polar surface area (TPSA) is 84.9 Å². The molecule has 0 aromatic heterocycles. The number of allylic oxidation sites excluding steroid dienone is 3. The minimum absolute atomic E-state index is 0.0131. The number of carbonyl (C=O) groups is 2. The molecule has 7 heteroatoms. The van der Waals surface area contributed by atoms with E-state index in [0.717, 1.165) is 25.7 Å². The SMILES string of the molecule is CCCNC(=O)C[C@@H](C[C@H](O)CC[C@@H]1[C@@H]2C(=C[C@H](C)C[C@@H]2OC(=O)[C@@H](C)CC)C=C[C@@H]1C)O[Si](C)(C)C(C)(C)C. The standard InChI is InChI=1S/C33H59NO5Si/c1-11-17-34-30(36)21-27(39-40(9,10)33(6,7)8)20-26(35)15-16-28-24(5)13-14-25-18-22(3)19-29(31(25)28)38-32(37)23(4)12-2/h13-14,18,22-24,26-29,31,35H,11-12,15-17,19-21H2,1-10H3,(H,34,36)/t22-,23-,24-,26+,27+,28-,29-,31-/m0/s1. The van der Waals surface area contributed by atoms with E-state index >= 15 is 0 Å². The maximum Gasteiger partial charge on any atom is 0.308 e. The molecule has 0 saturated carbocycles. The summed E-state index contributed by atoms with van der Waals surface area (Å²) in [6.45, 7) is 22.1. The molecule has 40 heavy (non-hydrogen) atoms. The first-order valence-corrected chi connectivity index (χ1v) is 18.7. The van der Waals surface area contributed by atoms with Gasteiger partial charge in [0.15, 0.2) is 8.32 Å². The fourth-order valence-corrected chi connectivity index (χ4v) is 7.14. The Kier molecular flexibility index (Phi) is 13.2. The molecule has 6 nitrogen and oxygen atoms in total. The zero-order valence-electron chi connectivity index (χ0n) is 27.1. The molecular formula is C33H59NO5Si. The summed E-state index contributed by atoms with van der Waals surface area (Å²) in [4.78, 5) is 25.4. The molecule has 2 N–H and O–H groups in total. The van der Waals surface area contributed by atoms with Crippen LogP contribution in [-0.4, -0.2) is 50.2 Å². The van der Waals surface area contributed by atoms with E-state index in [4.69, 9.17) is 9.16 Å². The van der Waals surface area contributed by atoms with Crippen LogP contribution in [0.3, 0.4) is 0 Å². The number of rotatable bonds is 14. The highest BCUT2D eigenvalue weighted by molar-refractivity contribution is 6.74. The van der Waals surface area contributed by atoms with Gasteiger partial charge in [0.2, 0.25) is 5.91 Å². The van der Waals surface area contributed by atoms with E-state index in [0.29, 0.717) is 31.2 Å². The number of aliphatic hydroxyl groups excluding tert-OH is 1. The minimum atomic E-state index is -2.12. The fraction of sp³-hybridized carbons (Fsp3) is 0.818. The molecule has 230 valence electrons. The lowest BCUT2D eigenvalue weighted by molar-refractivity contribution is -0.158. The number of esters is 1. The summed E-state index contributed by atoms with van der Waals surface area (Å²) in [6.07, 6.45) is 10.5. The average molecular weight is 578 g/mol. The normalized spacial score (nSPS) is 27.3. The van der Waals surface area contributed by atoms with Crippen LogP contribution in [0.15, 0.2) is 23.8 Å². The fourth-order valence-electron chi connectivity index (χ4n) is 5.77. The maximum atomic E-state index is 12.8. The van der Waals surface area contributed by atoms with Gasteiger partial charge >= 0.3 is 5.97 Å². The van der Waals surface area contributed by atoms with Crippen molar-refractivity contribution in [1.29, 1.82) is 0 Å². The second-order valence-corrected chi connectivity index (χ2v) is 18.8. The van der Waals surface area contributed by atoms with Crippen molar-refractivity contribution in [1.82, 2.24) is 5.32 Å². The van der Waals surface area contributed by atoms with E-state index in [9.17, 15) is 14.7 Å². The van der Waals surface area contributed by atoms with E-state index in [-0.39, 0.29) is 53.3 Å². The van der Waals surface area contributed by atoms with Crippen molar-refractivity contribution in [2.24, 2.45) is 29.6 Å². The average Bonchev–Trinajstić information content (AvgIpc) is 2.85. The van der Waals surface area contributed by atoms with Crippen molar-refractivity contribution >= 4 is 20.2 Å². The molecule has 2 rings (SSSR count). The highest BCUT2D eigenvalue weighted by Gasteiger charge is 2.42. The number of nitrogens with one attached hydrogen (secondary N) is 1. The van der Waals surface area contributed by atoms with E-state index in [1.54, 1.807) is 0 Å². The summed E-state index contributed by atoms with van der Waals surface area (Å²) in [7, 11) is -2.12. The van der Waals surface area contributed by atoms with Crippen molar-refractivity contribution < 1.29 is 23.9 Å². The Hall–Kier alpha value is -1.44. The highest BCUT2D eigenvalue weighted by atomic mass is 28.4. The van der Waals surface area contributed by atoms with Crippen LogP contribution >= 0.6 is 0 Å². The minimum Gasteiger partial charge on any atom is -0.461 e. The molecule has 0 unspecified atom stereocenters. The summed E-state index contributed by atoms with van der Waals surface area (Å²) < 4.78 is 12.8. The van der Waals surface area contributed by atoms with Gasteiger partial charge in [-0.3, -0.25) is 9.59 Å². The smallest absolute Gasteiger partial charge is 0.308 e. The highest BCUT2D eigenvalue weighted by Crippen LogP contribution is 2.45. The number of aliphatic hydroxyl groups is 1. The Labute approximate surface area is 245 Å². The quantitative estimate of drug-likeness (QED) is 0.169. The molecule has 8 atom stereocenters. The van der Waals surface area contributed by atoms with E-state index in [1.807, 2.05) is 20.8 Å². The van der Waals surface area contributed by atoms with E-state index in [1.165, 1.54) is 5.57 Å². The third-order valence-corrected chi connectivity index (χ3v) is 14.0.